The van der Waals surface area contributed by atoms with E-state index >= 15 is 0 Å². The number of carbonyl (C=O) groups is 2. The highest BCUT2D eigenvalue weighted by molar-refractivity contribution is 5.77. The molecule has 6 heteroatoms. The van der Waals surface area contributed by atoms with Crippen molar-refractivity contribution in [2.45, 2.75) is 257 Å². The van der Waals surface area contributed by atoms with Gasteiger partial charge in [0.1, 0.15) is 6.10 Å². The topological polar surface area (TPSA) is 95.9 Å². The standard InChI is InChI=1S/C53H95NO5/c1-4-7-10-13-16-19-22-25-28-31-34-37-40-43-46-53(58)59-49(44-41-38-35-32-29-26-23-20-17-14-11-8-5-2)47-52(57)54-50(48-55)51(56)45-42-39-36-33-30-27-24-21-18-15-12-9-6-3/h7,10,16-17,19-20,23,25-26,28,49-51,55-56H,4-6,8-9,11-15,18,21-22,24,27,29-48H2,1-3H3,(H,54,57)/b10-7+,19-16+,20-17+,26-23+,28-25+. The normalized spacial score (nSPS) is 13.8. The number of ether oxygens (including phenoxy) is 1. The van der Waals surface area contributed by atoms with Crippen LogP contribution in [0.4, 0.5) is 0 Å². The van der Waals surface area contributed by atoms with Crippen molar-refractivity contribution in [2.24, 2.45) is 0 Å². The lowest BCUT2D eigenvalue weighted by molar-refractivity contribution is -0.151. The largest absolute Gasteiger partial charge is 0.462 e. The van der Waals surface area contributed by atoms with Crippen molar-refractivity contribution in [1.29, 1.82) is 0 Å². The fourth-order valence-corrected chi connectivity index (χ4v) is 7.32. The first-order valence-corrected chi connectivity index (χ1v) is 25.0. The monoisotopic (exact) mass is 826 g/mol. The van der Waals surface area contributed by atoms with Gasteiger partial charge in [0.05, 0.1) is 25.2 Å². The van der Waals surface area contributed by atoms with E-state index in [0.29, 0.717) is 19.3 Å². The number of rotatable bonds is 44. The Hall–Kier alpha value is -2.44. The van der Waals surface area contributed by atoms with Crippen molar-refractivity contribution in [2.75, 3.05) is 6.61 Å². The van der Waals surface area contributed by atoms with E-state index in [2.05, 4.69) is 86.8 Å². The third-order valence-electron chi connectivity index (χ3n) is 11.1. The Morgan fingerprint density at radius 3 is 1.53 bits per heavy atom. The van der Waals surface area contributed by atoms with Crippen LogP contribution >= 0.6 is 0 Å². The molecular weight excluding hydrogens is 731 g/mol. The van der Waals surface area contributed by atoms with Crippen LogP contribution in [-0.2, 0) is 14.3 Å². The van der Waals surface area contributed by atoms with Gasteiger partial charge in [0.25, 0.3) is 0 Å². The molecule has 0 saturated heterocycles. The number of hydrogen-bond donors (Lipinski definition) is 3. The van der Waals surface area contributed by atoms with Crippen LogP contribution in [0.2, 0.25) is 0 Å². The molecule has 0 saturated carbocycles. The molecule has 3 unspecified atom stereocenters. The quantitative estimate of drug-likeness (QED) is 0.0246. The second kappa shape index (κ2) is 46.6. The first-order chi connectivity index (χ1) is 29.0. The van der Waals surface area contributed by atoms with Crippen LogP contribution in [0.3, 0.4) is 0 Å². The van der Waals surface area contributed by atoms with Crippen molar-refractivity contribution >= 4 is 11.9 Å². The van der Waals surface area contributed by atoms with Gasteiger partial charge in [-0.15, -0.1) is 0 Å². The fourth-order valence-electron chi connectivity index (χ4n) is 7.32. The summed E-state index contributed by atoms with van der Waals surface area (Å²) in [6.45, 7) is 6.33. The van der Waals surface area contributed by atoms with Gasteiger partial charge < -0.3 is 20.3 Å². The Bertz CT molecular complexity index is 1060. The molecule has 0 bridgehead atoms. The molecule has 3 N–H and O–H groups in total. The molecule has 0 spiro atoms. The van der Waals surface area contributed by atoms with Gasteiger partial charge in [0.15, 0.2) is 0 Å². The smallest absolute Gasteiger partial charge is 0.306 e. The Morgan fingerprint density at radius 2 is 0.966 bits per heavy atom. The van der Waals surface area contributed by atoms with Crippen molar-refractivity contribution < 1.29 is 24.5 Å². The van der Waals surface area contributed by atoms with E-state index in [0.717, 1.165) is 109 Å². The maximum Gasteiger partial charge on any atom is 0.306 e. The summed E-state index contributed by atoms with van der Waals surface area (Å²) >= 11 is 0. The maximum absolute atomic E-state index is 13.2. The summed E-state index contributed by atoms with van der Waals surface area (Å²) in [5.74, 6) is -0.520. The van der Waals surface area contributed by atoms with Crippen LogP contribution < -0.4 is 5.32 Å². The summed E-state index contributed by atoms with van der Waals surface area (Å²) in [5.41, 5.74) is 0. The maximum atomic E-state index is 13.2. The second-order valence-electron chi connectivity index (χ2n) is 16.9. The van der Waals surface area contributed by atoms with E-state index in [9.17, 15) is 19.8 Å². The number of nitrogens with one attached hydrogen (secondary N) is 1. The van der Waals surface area contributed by atoms with Gasteiger partial charge in [-0.3, -0.25) is 9.59 Å². The van der Waals surface area contributed by atoms with Crippen molar-refractivity contribution in [3.63, 3.8) is 0 Å². The minimum Gasteiger partial charge on any atom is -0.462 e. The highest BCUT2D eigenvalue weighted by Crippen LogP contribution is 2.17. The zero-order valence-electron chi connectivity index (χ0n) is 38.9. The summed E-state index contributed by atoms with van der Waals surface area (Å²) < 4.78 is 5.90. The third-order valence-corrected chi connectivity index (χ3v) is 11.1. The van der Waals surface area contributed by atoms with Gasteiger partial charge in [-0.2, -0.15) is 0 Å². The number of aliphatic hydroxyl groups is 2. The van der Waals surface area contributed by atoms with Crippen molar-refractivity contribution in [1.82, 2.24) is 5.32 Å². The molecule has 1 amide bonds. The molecule has 0 aromatic carbocycles. The minimum absolute atomic E-state index is 0.0536. The van der Waals surface area contributed by atoms with Gasteiger partial charge in [0, 0.05) is 6.42 Å². The average Bonchev–Trinajstić information content (AvgIpc) is 3.23. The molecule has 342 valence electrons. The third kappa shape index (κ3) is 42.1. The predicted molar refractivity (Wildman–Crippen MR) is 255 cm³/mol. The van der Waals surface area contributed by atoms with E-state index in [4.69, 9.17) is 4.74 Å². The minimum atomic E-state index is -0.798. The Balaban J connectivity index is 4.65. The molecular formula is C53H95NO5. The number of amides is 1. The van der Waals surface area contributed by atoms with E-state index < -0.39 is 18.2 Å². The molecule has 0 rings (SSSR count). The van der Waals surface area contributed by atoms with E-state index in [-0.39, 0.29) is 24.9 Å². The molecule has 0 fully saturated rings. The Morgan fingerprint density at radius 1 is 0.525 bits per heavy atom. The van der Waals surface area contributed by atoms with Crippen molar-refractivity contribution in [3.8, 4) is 0 Å². The van der Waals surface area contributed by atoms with E-state index in [1.54, 1.807) is 0 Å². The lowest BCUT2D eigenvalue weighted by Crippen LogP contribution is -2.46. The molecule has 0 radical (unpaired) electrons. The second-order valence-corrected chi connectivity index (χ2v) is 16.9. The van der Waals surface area contributed by atoms with Crippen LogP contribution in [0.15, 0.2) is 60.8 Å². The van der Waals surface area contributed by atoms with Gasteiger partial charge in [-0.05, 0) is 83.5 Å². The highest BCUT2D eigenvalue weighted by atomic mass is 16.5. The van der Waals surface area contributed by atoms with E-state index in [1.165, 1.54) is 83.5 Å². The van der Waals surface area contributed by atoms with E-state index in [1.807, 2.05) is 0 Å². The summed E-state index contributed by atoms with van der Waals surface area (Å²) in [6, 6.07) is -0.713. The van der Waals surface area contributed by atoms with Crippen LogP contribution in [-0.4, -0.2) is 46.9 Å². The average molecular weight is 826 g/mol. The number of hydrogen-bond acceptors (Lipinski definition) is 5. The summed E-state index contributed by atoms with van der Waals surface area (Å²) in [4.78, 5) is 26.1. The Labute approximate surface area is 365 Å². The van der Waals surface area contributed by atoms with Gasteiger partial charge in [-0.25, -0.2) is 0 Å². The van der Waals surface area contributed by atoms with Crippen LogP contribution in [0.1, 0.15) is 239 Å². The zero-order chi connectivity index (χ0) is 43.1. The fraction of sp³-hybridized carbons (Fsp3) is 0.774. The van der Waals surface area contributed by atoms with Gasteiger partial charge >= 0.3 is 5.97 Å². The first kappa shape index (κ1) is 56.6. The summed E-state index contributed by atoms with van der Waals surface area (Å²) in [6.07, 6.45) is 57.0. The van der Waals surface area contributed by atoms with Crippen LogP contribution in [0.5, 0.6) is 0 Å². The Kier molecular flexibility index (Phi) is 44.7. The number of aliphatic hydroxyl groups excluding tert-OH is 2. The molecule has 0 aromatic heterocycles. The van der Waals surface area contributed by atoms with Crippen LogP contribution in [0, 0.1) is 0 Å². The van der Waals surface area contributed by atoms with Gasteiger partial charge in [-0.1, -0.05) is 204 Å². The molecule has 3 atom stereocenters. The number of carbonyl (C=O) groups excluding carboxylic acids is 2. The summed E-state index contributed by atoms with van der Waals surface area (Å²) in [7, 11) is 0. The van der Waals surface area contributed by atoms with Gasteiger partial charge in [0.2, 0.25) is 5.91 Å². The first-order valence-electron chi connectivity index (χ1n) is 25.0. The molecule has 0 aliphatic rings. The highest BCUT2D eigenvalue weighted by Gasteiger charge is 2.24. The molecule has 0 aliphatic heterocycles. The summed E-state index contributed by atoms with van der Waals surface area (Å²) in [5, 5.41) is 23.7. The van der Waals surface area contributed by atoms with Crippen molar-refractivity contribution in [3.05, 3.63) is 60.8 Å². The SMILES string of the molecule is CC/C=C/C/C=C/C/C=C/CCCCCCC(=O)OC(CCCCCC/C=C/C=C/CCCCC)CC(=O)NC(CO)C(O)CCCCCCCCCCCCCCC. The number of unbranched alkanes of at least 4 members (excludes halogenated alkanes) is 23. The lowest BCUT2D eigenvalue weighted by atomic mass is 10.0. The molecule has 0 aromatic rings. The number of allylic oxidation sites excluding steroid dienone is 10. The molecule has 59 heavy (non-hydrogen) atoms. The molecule has 0 heterocycles. The number of esters is 1. The van der Waals surface area contributed by atoms with Crippen LogP contribution in [0.25, 0.3) is 0 Å². The predicted octanol–water partition coefficient (Wildman–Crippen LogP) is 14.8. The zero-order valence-corrected chi connectivity index (χ0v) is 38.9. The lowest BCUT2D eigenvalue weighted by Gasteiger charge is -2.24. The molecule has 0 aliphatic carbocycles. The molecule has 6 nitrogen and oxygen atoms in total.